The van der Waals surface area contributed by atoms with Crippen LogP contribution in [0, 0.1) is 6.92 Å². The average molecular weight is 360 g/mol. The minimum absolute atomic E-state index is 0.00333. The van der Waals surface area contributed by atoms with E-state index in [0.29, 0.717) is 12.6 Å². The first-order valence-corrected chi connectivity index (χ1v) is 9.01. The molecule has 2 aliphatic heterocycles. The molecule has 1 saturated heterocycles. The Balaban J connectivity index is 1.77. The number of nitrogens with one attached hydrogen (secondary N) is 1. The summed E-state index contributed by atoms with van der Waals surface area (Å²) in [5, 5.41) is 4.21. The van der Waals surface area contributed by atoms with Crippen LogP contribution in [0.4, 0.5) is 17.5 Å². The molecule has 0 saturated carbocycles. The Hall–Kier alpha value is -2.05. The molecular formula is C18H22ClN5O. The number of nitrogens with two attached hydrogens (primary N) is 1. The third-order valence-electron chi connectivity index (χ3n) is 4.78. The van der Waals surface area contributed by atoms with Crippen molar-refractivity contribution in [3.05, 3.63) is 40.0 Å². The largest absolute Gasteiger partial charge is 0.384 e. The number of fused-ring (bicyclic) bond motifs is 1. The van der Waals surface area contributed by atoms with Crippen LogP contribution in [0.15, 0.2) is 18.2 Å². The van der Waals surface area contributed by atoms with Gasteiger partial charge in [-0.1, -0.05) is 11.6 Å². The molecule has 0 amide bonds. The van der Waals surface area contributed by atoms with E-state index in [1.165, 1.54) is 11.3 Å². The smallest absolute Gasteiger partial charge is 0.222 e. The van der Waals surface area contributed by atoms with Gasteiger partial charge in [0.25, 0.3) is 0 Å². The number of anilines is 3. The van der Waals surface area contributed by atoms with Crippen LogP contribution in [0.2, 0.25) is 5.02 Å². The van der Waals surface area contributed by atoms with Gasteiger partial charge in [-0.3, -0.25) is 0 Å². The third-order valence-corrected chi connectivity index (χ3v) is 5.11. The second kappa shape index (κ2) is 6.69. The van der Waals surface area contributed by atoms with Gasteiger partial charge in [0.1, 0.15) is 5.82 Å². The molecule has 1 fully saturated rings. The number of nitrogens with zero attached hydrogens (tertiary/aromatic N) is 3. The zero-order valence-corrected chi connectivity index (χ0v) is 15.0. The Labute approximate surface area is 152 Å². The van der Waals surface area contributed by atoms with E-state index in [4.69, 9.17) is 22.1 Å². The summed E-state index contributed by atoms with van der Waals surface area (Å²) in [4.78, 5) is 10.9. The van der Waals surface area contributed by atoms with E-state index in [2.05, 4.69) is 32.3 Å². The predicted octanol–water partition coefficient (Wildman–Crippen LogP) is 2.96. The van der Waals surface area contributed by atoms with Gasteiger partial charge in [0.05, 0.1) is 12.6 Å². The highest BCUT2D eigenvalue weighted by atomic mass is 35.5. The average Bonchev–Trinajstić information content (AvgIpc) is 2.87. The highest BCUT2D eigenvalue weighted by molar-refractivity contribution is 6.31. The van der Waals surface area contributed by atoms with Gasteiger partial charge in [-0.2, -0.15) is 4.98 Å². The van der Waals surface area contributed by atoms with E-state index in [1.807, 2.05) is 13.0 Å². The van der Waals surface area contributed by atoms with E-state index >= 15 is 0 Å². The number of hydrogen-bond donors (Lipinski definition) is 2. The molecule has 132 valence electrons. The van der Waals surface area contributed by atoms with Gasteiger partial charge in [0, 0.05) is 42.2 Å². The molecule has 0 radical (unpaired) electrons. The van der Waals surface area contributed by atoms with E-state index < -0.39 is 0 Å². The number of aryl methyl sites for hydroxylation is 1. The van der Waals surface area contributed by atoms with Crippen molar-refractivity contribution in [1.82, 2.24) is 9.97 Å². The molecular weight excluding hydrogens is 338 g/mol. The molecule has 3 N–H and O–H groups in total. The van der Waals surface area contributed by atoms with Crippen LogP contribution in [0.3, 0.4) is 0 Å². The van der Waals surface area contributed by atoms with Gasteiger partial charge in [0.15, 0.2) is 0 Å². The quantitative estimate of drug-likeness (QED) is 0.858. The van der Waals surface area contributed by atoms with E-state index in [0.717, 1.165) is 54.6 Å². The van der Waals surface area contributed by atoms with E-state index in [9.17, 15) is 0 Å². The van der Waals surface area contributed by atoms with Crippen molar-refractivity contribution in [2.45, 2.75) is 25.8 Å². The van der Waals surface area contributed by atoms with E-state index in [1.54, 1.807) is 0 Å². The Bertz CT molecular complexity index is 777. The van der Waals surface area contributed by atoms with Crippen molar-refractivity contribution >= 4 is 29.1 Å². The summed E-state index contributed by atoms with van der Waals surface area (Å²) in [7, 11) is 0. The van der Waals surface area contributed by atoms with Gasteiger partial charge in [0.2, 0.25) is 5.95 Å². The number of benzene rings is 1. The first-order chi connectivity index (χ1) is 12.1. The molecule has 0 unspecified atom stereocenters. The van der Waals surface area contributed by atoms with Crippen molar-refractivity contribution in [3.8, 4) is 0 Å². The molecule has 2 aliphatic rings. The standard InChI is InChI=1S/C18H22ClN5O/c1-11-7-17(23-18(20)22-11)24-5-2-6-25-10-16(24)13-9-15-12(3-4-21-15)8-14(13)19/h7-9,16,21H,2-6,10H2,1H3,(H2,20,22,23)/t16-/m1/s1. The highest BCUT2D eigenvalue weighted by Crippen LogP contribution is 2.37. The maximum absolute atomic E-state index is 6.64. The number of rotatable bonds is 2. The third kappa shape index (κ3) is 3.24. The molecule has 1 aromatic heterocycles. The second-order valence-electron chi connectivity index (χ2n) is 6.57. The minimum atomic E-state index is -0.00333. The minimum Gasteiger partial charge on any atom is -0.384 e. The lowest BCUT2D eigenvalue weighted by molar-refractivity contribution is 0.134. The van der Waals surface area contributed by atoms with Gasteiger partial charge in [-0.15, -0.1) is 0 Å². The maximum atomic E-state index is 6.64. The molecule has 1 aromatic carbocycles. The van der Waals surface area contributed by atoms with Crippen LogP contribution in [0.25, 0.3) is 0 Å². The lowest BCUT2D eigenvalue weighted by Gasteiger charge is -2.31. The maximum Gasteiger partial charge on any atom is 0.222 e. The fraction of sp³-hybridized carbons (Fsp3) is 0.444. The second-order valence-corrected chi connectivity index (χ2v) is 6.98. The number of nitrogen functional groups attached to an aromatic ring is 1. The zero-order chi connectivity index (χ0) is 17.4. The number of halogens is 1. The van der Waals surface area contributed by atoms with Gasteiger partial charge >= 0.3 is 0 Å². The van der Waals surface area contributed by atoms with Crippen LogP contribution in [0.1, 0.15) is 29.3 Å². The number of ether oxygens (including phenoxy) is 1. The Morgan fingerprint density at radius 3 is 3.04 bits per heavy atom. The molecule has 1 atom stereocenters. The van der Waals surface area contributed by atoms with Crippen LogP contribution in [-0.2, 0) is 11.2 Å². The summed E-state index contributed by atoms with van der Waals surface area (Å²) < 4.78 is 5.85. The Morgan fingerprint density at radius 1 is 1.32 bits per heavy atom. The molecule has 6 nitrogen and oxygen atoms in total. The van der Waals surface area contributed by atoms with Crippen molar-refractivity contribution < 1.29 is 4.74 Å². The van der Waals surface area contributed by atoms with Crippen LogP contribution < -0.4 is 16.0 Å². The SMILES string of the molecule is Cc1cc(N2CCCOC[C@@H]2c2cc3c(cc2Cl)CCN3)nc(N)n1. The van der Waals surface area contributed by atoms with Crippen LogP contribution in [0.5, 0.6) is 0 Å². The van der Waals surface area contributed by atoms with Gasteiger partial charge in [-0.25, -0.2) is 4.98 Å². The summed E-state index contributed by atoms with van der Waals surface area (Å²) in [6.07, 6.45) is 1.95. The summed E-state index contributed by atoms with van der Waals surface area (Å²) >= 11 is 6.64. The first-order valence-electron chi connectivity index (χ1n) is 8.63. The summed E-state index contributed by atoms with van der Waals surface area (Å²) in [6.45, 7) is 5.02. The fourth-order valence-electron chi connectivity index (χ4n) is 3.62. The zero-order valence-electron chi connectivity index (χ0n) is 14.3. The Morgan fingerprint density at radius 2 is 2.20 bits per heavy atom. The Kier molecular flexibility index (Phi) is 4.39. The van der Waals surface area contributed by atoms with Crippen LogP contribution in [-0.4, -0.2) is 36.3 Å². The van der Waals surface area contributed by atoms with Crippen molar-refractivity contribution in [2.75, 3.05) is 42.3 Å². The fourth-order valence-corrected chi connectivity index (χ4v) is 3.93. The number of hydrogen-bond acceptors (Lipinski definition) is 6. The lowest BCUT2D eigenvalue weighted by Crippen LogP contribution is -2.32. The highest BCUT2D eigenvalue weighted by Gasteiger charge is 2.28. The summed E-state index contributed by atoms with van der Waals surface area (Å²) in [5.74, 6) is 1.12. The first kappa shape index (κ1) is 16.4. The summed E-state index contributed by atoms with van der Waals surface area (Å²) in [5.41, 5.74) is 10.2. The normalized spacial score (nSPS) is 20.1. The monoisotopic (exact) mass is 359 g/mol. The molecule has 0 bridgehead atoms. The molecule has 2 aromatic rings. The lowest BCUT2D eigenvalue weighted by atomic mass is 10.0. The topological polar surface area (TPSA) is 76.3 Å². The predicted molar refractivity (Wildman–Crippen MR) is 100 cm³/mol. The van der Waals surface area contributed by atoms with Gasteiger partial charge < -0.3 is 20.7 Å². The molecule has 7 heteroatoms. The molecule has 0 aliphatic carbocycles. The van der Waals surface area contributed by atoms with Crippen molar-refractivity contribution in [2.24, 2.45) is 0 Å². The van der Waals surface area contributed by atoms with Crippen LogP contribution >= 0.6 is 11.6 Å². The van der Waals surface area contributed by atoms with Crippen molar-refractivity contribution in [3.63, 3.8) is 0 Å². The number of aromatic nitrogens is 2. The summed E-state index contributed by atoms with van der Waals surface area (Å²) in [6, 6.07) is 6.20. The molecule has 25 heavy (non-hydrogen) atoms. The molecule has 0 spiro atoms. The van der Waals surface area contributed by atoms with Crippen molar-refractivity contribution in [1.29, 1.82) is 0 Å². The van der Waals surface area contributed by atoms with Gasteiger partial charge in [-0.05, 0) is 43.0 Å². The molecule has 3 heterocycles. The molecule has 4 rings (SSSR count). The van der Waals surface area contributed by atoms with E-state index in [-0.39, 0.29) is 6.04 Å².